The molecule has 17 heavy (non-hydrogen) atoms. The van der Waals surface area contributed by atoms with Gasteiger partial charge in [0, 0.05) is 25.3 Å². The van der Waals surface area contributed by atoms with E-state index in [1.54, 1.807) is 19.2 Å². The Kier molecular flexibility index (Phi) is 5.38. The van der Waals surface area contributed by atoms with Crippen LogP contribution in [0, 0.1) is 11.7 Å². The van der Waals surface area contributed by atoms with E-state index in [-0.39, 0.29) is 5.92 Å². The summed E-state index contributed by atoms with van der Waals surface area (Å²) >= 11 is 0. The quantitative estimate of drug-likeness (QED) is 0.833. The molecule has 0 heterocycles. The van der Waals surface area contributed by atoms with Crippen LogP contribution in [-0.4, -0.2) is 25.9 Å². The van der Waals surface area contributed by atoms with Gasteiger partial charge in [0.2, 0.25) is 0 Å². The molecule has 96 valence electrons. The number of methoxy groups -OCH3 is 2. The highest BCUT2D eigenvalue weighted by Gasteiger charge is 2.19. The maximum atomic E-state index is 13.7. The van der Waals surface area contributed by atoms with E-state index in [2.05, 4.69) is 0 Å². The topological polar surface area (TPSA) is 38.7 Å². The summed E-state index contributed by atoms with van der Waals surface area (Å²) < 4.78 is 23.6. The summed E-state index contributed by atoms with van der Waals surface area (Å²) in [4.78, 5) is 0. The van der Waals surface area contributed by atoms with Crippen molar-refractivity contribution in [2.75, 3.05) is 20.8 Å². The van der Waals surface area contributed by atoms with Gasteiger partial charge in [-0.15, -0.1) is 0 Å². The average Bonchev–Trinajstić information content (AvgIpc) is 2.34. The third-order valence-electron chi connectivity index (χ3n) is 2.84. The van der Waals surface area contributed by atoms with Crippen molar-refractivity contribution in [1.82, 2.24) is 0 Å². The number of ether oxygens (including phenoxy) is 2. The summed E-state index contributed by atoms with van der Waals surface area (Å²) in [7, 11) is 3.08. The second kappa shape index (κ2) is 6.57. The summed E-state index contributed by atoms with van der Waals surface area (Å²) in [5, 5.41) is 10.0. The highest BCUT2D eigenvalue weighted by atomic mass is 19.1. The third kappa shape index (κ3) is 3.68. The SMILES string of the molecule is COCCC(C)C(O)c1ccc(OC)cc1F. The Balaban J connectivity index is 2.77. The largest absolute Gasteiger partial charge is 0.497 e. The Labute approximate surface area is 101 Å². The van der Waals surface area contributed by atoms with Crippen molar-refractivity contribution in [2.45, 2.75) is 19.4 Å². The van der Waals surface area contributed by atoms with Crippen LogP contribution < -0.4 is 4.74 Å². The summed E-state index contributed by atoms with van der Waals surface area (Å²) in [6.45, 7) is 2.42. The predicted octanol–water partition coefficient (Wildman–Crippen LogP) is 2.54. The van der Waals surface area contributed by atoms with E-state index in [0.29, 0.717) is 24.3 Å². The van der Waals surface area contributed by atoms with Gasteiger partial charge in [-0.2, -0.15) is 0 Å². The third-order valence-corrected chi connectivity index (χ3v) is 2.84. The standard InChI is InChI=1S/C13H19FO3/c1-9(6-7-16-2)13(15)11-5-4-10(17-3)8-12(11)14/h4-5,8-9,13,15H,6-7H2,1-3H3. The van der Waals surface area contributed by atoms with Crippen LogP contribution in [0.1, 0.15) is 25.0 Å². The van der Waals surface area contributed by atoms with Crippen molar-refractivity contribution in [3.63, 3.8) is 0 Å². The molecule has 0 aliphatic carbocycles. The zero-order valence-corrected chi connectivity index (χ0v) is 10.4. The minimum Gasteiger partial charge on any atom is -0.497 e. The summed E-state index contributed by atoms with van der Waals surface area (Å²) in [6.07, 6.45) is -0.139. The fourth-order valence-electron chi connectivity index (χ4n) is 1.64. The minimum absolute atomic E-state index is 0.0576. The van der Waals surface area contributed by atoms with Gasteiger partial charge in [-0.1, -0.05) is 6.92 Å². The van der Waals surface area contributed by atoms with Gasteiger partial charge >= 0.3 is 0 Å². The van der Waals surface area contributed by atoms with E-state index in [0.717, 1.165) is 0 Å². The van der Waals surface area contributed by atoms with Crippen molar-refractivity contribution >= 4 is 0 Å². The smallest absolute Gasteiger partial charge is 0.132 e. The first kappa shape index (κ1) is 13.9. The molecule has 2 unspecified atom stereocenters. The summed E-state index contributed by atoms with van der Waals surface area (Å²) in [5.41, 5.74) is 0.300. The molecule has 1 aromatic rings. The highest BCUT2D eigenvalue weighted by molar-refractivity contribution is 5.30. The zero-order valence-electron chi connectivity index (χ0n) is 10.4. The van der Waals surface area contributed by atoms with Crippen LogP contribution in [0.3, 0.4) is 0 Å². The fourth-order valence-corrected chi connectivity index (χ4v) is 1.64. The van der Waals surface area contributed by atoms with Gasteiger partial charge in [0.15, 0.2) is 0 Å². The molecular weight excluding hydrogens is 223 g/mol. The molecule has 0 spiro atoms. The first-order chi connectivity index (χ1) is 8.10. The number of hydrogen-bond donors (Lipinski definition) is 1. The molecule has 0 saturated heterocycles. The van der Waals surface area contributed by atoms with E-state index in [4.69, 9.17) is 9.47 Å². The lowest BCUT2D eigenvalue weighted by Gasteiger charge is -2.19. The Hall–Kier alpha value is -1.13. The van der Waals surface area contributed by atoms with Crippen molar-refractivity contribution < 1.29 is 19.0 Å². The second-order valence-corrected chi connectivity index (χ2v) is 4.09. The molecular formula is C13H19FO3. The molecule has 2 atom stereocenters. The number of aliphatic hydroxyl groups excluding tert-OH is 1. The van der Waals surface area contributed by atoms with Gasteiger partial charge in [-0.3, -0.25) is 0 Å². The first-order valence-electron chi connectivity index (χ1n) is 5.60. The van der Waals surface area contributed by atoms with E-state index in [1.807, 2.05) is 6.92 Å². The monoisotopic (exact) mass is 242 g/mol. The molecule has 1 aromatic carbocycles. The van der Waals surface area contributed by atoms with Gasteiger partial charge in [-0.05, 0) is 24.5 Å². The fraction of sp³-hybridized carbons (Fsp3) is 0.538. The Morgan fingerprint density at radius 2 is 2.06 bits per heavy atom. The van der Waals surface area contributed by atoms with Crippen LogP contribution in [0.15, 0.2) is 18.2 Å². The van der Waals surface area contributed by atoms with Crippen molar-refractivity contribution in [3.8, 4) is 5.75 Å². The van der Waals surface area contributed by atoms with Crippen LogP contribution in [0.4, 0.5) is 4.39 Å². The summed E-state index contributed by atoms with van der Waals surface area (Å²) in [5.74, 6) is -0.0537. The molecule has 0 saturated carbocycles. The van der Waals surface area contributed by atoms with Crippen molar-refractivity contribution in [3.05, 3.63) is 29.6 Å². The number of rotatable bonds is 6. The number of hydrogen-bond acceptors (Lipinski definition) is 3. The van der Waals surface area contributed by atoms with E-state index in [9.17, 15) is 9.50 Å². The minimum atomic E-state index is -0.823. The molecule has 0 aliphatic heterocycles. The Morgan fingerprint density at radius 1 is 1.35 bits per heavy atom. The van der Waals surface area contributed by atoms with Gasteiger partial charge in [0.05, 0.1) is 13.2 Å². The van der Waals surface area contributed by atoms with Crippen molar-refractivity contribution in [2.24, 2.45) is 5.92 Å². The van der Waals surface area contributed by atoms with Crippen LogP contribution in [-0.2, 0) is 4.74 Å². The Morgan fingerprint density at radius 3 is 2.59 bits per heavy atom. The number of halogens is 1. The van der Waals surface area contributed by atoms with Gasteiger partial charge in [-0.25, -0.2) is 4.39 Å². The highest BCUT2D eigenvalue weighted by Crippen LogP contribution is 2.28. The summed E-state index contributed by atoms with van der Waals surface area (Å²) in [6, 6.07) is 4.48. The normalized spacial score (nSPS) is 14.4. The molecule has 0 fully saturated rings. The first-order valence-corrected chi connectivity index (χ1v) is 5.60. The number of benzene rings is 1. The molecule has 3 nitrogen and oxygen atoms in total. The molecule has 4 heteroatoms. The van der Waals surface area contributed by atoms with Crippen LogP contribution in [0.2, 0.25) is 0 Å². The number of aliphatic hydroxyl groups is 1. The lowest BCUT2D eigenvalue weighted by molar-refractivity contribution is 0.0858. The molecule has 0 bridgehead atoms. The molecule has 1 rings (SSSR count). The van der Waals surface area contributed by atoms with Gasteiger partial charge < -0.3 is 14.6 Å². The van der Waals surface area contributed by atoms with Gasteiger partial charge in [0.25, 0.3) is 0 Å². The molecule has 0 aromatic heterocycles. The van der Waals surface area contributed by atoms with Crippen LogP contribution >= 0.6 is 0 Å². The van der Waals surface area contributed by atoms with E-state index < -0.39 is 11.9 Å². The van der Waals surface area contributed by atoms with Crippen molar-refractivity contribution in [1.29, 1.82) is 0 Å². The van der Waals surface area contributed by atoms with E-state index in [1.165, 1.54) is 13.2 Å². The second-order valence-electron chi connectivity index (χ2n) is 4.09. The predicted molar refractivity (Wildman–Crippen MR) is 63.6 cm³/mol. The molecule has 0 amide bonds. The van der Waals surface area contributed by atoms with Crippen LogP contribution in [0.5, 0.6) is 5.75 Å². The maximum Gasteiger partial charge on any atom is 0.132 e. The van der Waals surface area contributed by atoms with E-state index >= 15 is 0 Å². The molecule has 1 N–H and O–H groups in total. The van der Waals surface area contributed by atoms with Gasteiger partial charge in [0.1, 0.15) is 11.6 Å². The lowest BCUT2D eigenvalue weighted by atomic mass is 9.94. The Bertz CT molecular complexity index is 355. The molecule has 0 aliphatic rings. The molecule has 0 radical (unpaired) electrons. The zero-order chi connectivity index (χ0) is 12.8. The van der Waals surface area contributed by atoms with Crippen LogP contribution in [0.25, 0.3) is 0 Å². The lowest BCUT2D eigenvalue weighted by Crippen LogP contribution is -2.13. The maximum absolute atomic E-state index is 13.7. The average molecular weight is 242 g/mol.